The van der Waals surface area contributed by atoms with Gasteiger partial charge in [-0.05, 0) is 84.7 Å². The van der Waals surface area contributed by atoms with Gasteiger partial charge in [-0.1, -0.05) is 55.5 Å². The molecule has 0 fully saturated rings. The lowest BCUT2D eigenvalue weighted by Crippen LogP contribution is -2.57. The lowest BCUT2D eigenvalue weighted by Gasteiger charge is -2.43. The van der Waals surface area contributed by atoms with Crippen molar-refractivity contribution in [3.8, 4) is 11.4 Å². The molecule has 0 spiro atoms. The van der Waals surface area contributed by atoms with Gasteiger partial charge in [0, 0.05) is 35.2 Å². The van der Waals surface area contributed by atoms with E-state index in [1.54, 1.807) is 77.3 Å². The molecule has 0 saturated carbocycles. The molecule has 2 atom stereocenters. The van der Waals surface area contributed by atoms with E-state index in [0.29, 0.717) is 28.2 Å². The van der Waals surface area contributed by atoms with Gasteiger partial charge in [-0.25, -0.2) is 19.4 Å². The molecule has 4 aromatic rings. The third-order valence-electron chi connectivity index (χ3n) is 9.88. The standard InChI is InChI=1S/C42H50N4O9Si/c1-10-42(53-32(47)17-14-20-43-38(50)54-40(2,3)4)29-23-31-34-26(21-25-22-27(18-19-30(25)45-34)44-39(51)55-41(5,6)7)24-46(31)35(48)33(29)36(52-37(42)49)56(8,9)28-15-12-11-13-16-28/h11-13,15-16,18-19,21-23,36H,10,14,17,20,24H2,1-9H3,(H,43,50)(H,44,51). The third-order valence-corrected chi connectivity index (χ3v) is 13.4. The predicted molar refractivity (Wildman–Crippen MR) is 214 cm³/mol. The van der Waals surface area contributed by atoms with Crippen LogP contribution in [-0.2, 0) is 40.7 Å². The molecular weight excluding hydrogens is 733 g/mol. The smallest absolute Gasteiger partial charge is 0.412 e. The highest BCUT2D eigenvalue weighted by Gasteiger charge is 2.56. The first kappa shape index (κ1) is 40.2. The van der Waals surface area contributed by atoms with Gasteiger partial charge >= 0.3 is 24.1 Å². The number of hydrogen-bond donors (Lipinski definition) is 2. The minimum Gasteiger partial charge on any atom is -0.458 e. The molecule has 13 nitrogen and oxygen atoms in total. The number of pyridine rings is 2. The van der Waals surface area contributed by atoms with E-state index in [2.05, 4.69) is 23.7 Å². The van der Waals surface area contributed by atoms with E-state index in [9.17, 15) is 24.0 Å². The van der Waals surface area contributed by atoms with Crippen LogP contribution in [0.1, 0.15) is 90.1 Å². The molecule has 2 amide bonds. The molecule has 14 heteroatoms. The Morgan fingerprint density at radius 1 is 0.946 bits per heavy atom. The number of cyclic esters (lactones) is 1. The molecule has 2 aromatic heterocycles. The fourth-order valence-electron chi connectivity index (χ4n) is 7.22. The van der Waals surface area contributed by atoms with E-state index >= 15 is 0 Å². The number of anilines is 1. The van der Waals surface area contributed by atoms with Gasteiger partial charge in [-0.2, -0.15) is 0 Å². The fraction of sp³-hybridized carbons (Fsp3) is 0.429. The van der Waals surface area contributed by atoms with Gasteiger partial charge in [0.15, 0.2) is 0 Å². The van der Waals surface area contributed by atoms with E-state index in [1.165, 1.54) is 0 Å². The van der Waals surface area contributed by atoms with Gasteiger partial charge < -0.3 is 28.8 Å². The zero-order chi connectivity index (χ0) is 40.8. The van der Waals surface area contributed by atoms with Crippen molar-refractivity contribution in [1.82, 2.24) is 14.9 Å². The van der Waals surface area contributed by atoms with Gasteiger partial charge in [0.25, 0.3) is 5.56 Å². The van der Waals surface area contributed by atoms with Crippen molar-refractivity contribution < 1.29 is 38.1 Å². The number of amides is 2. The quantitative estimate of drug-likeness (QED) is 0.0690. The molecule has 4 heterocycles. The number of alkyl carbamates (subject to hydrolysis) is 1. The number of carbonyl (C=O) groups is 4. The van der Waals surface area contributed by atoms with Gasteiger partial charge in [-0.15, -0.1) is 0 Å². The molecule has 2 aliphatic heterocycles. The van der Waals surface area contributed by atoms with Gasteiger partial charge in [0.1, 0.15) is 25.0 Å². The van der Waals surface area contributed by atoms with Crippen LogP contribution in [0.5, 0.6) is 0 Å². The summed E-state index contributed by atoms with van der Waals surface area (Å²) in [6.45, 7) is 16.8. The maximum atomic E-state index is 14.9. The molecule has 2 aromatic carbocycles. The second-order valence-electron chi connectivity index (χ2n) is 16.8. The van der Waals surface area contributed by atoms with E-state index < -0.39 is 54.7 Å². The average Bonchev–Trinajstić information content (AvgIpc) is 3.46. The fourth-order valence-corrected chi connectivity index (χ4v) is 9.98. The Balaban J connectivity index is 1.39. The van der Waals surface area contributed by atoms with Crippen LogP contribution in [0.3, 0.4) is 0 Å². The number of ether oxygens (including phenoxy) is 4. The second-order valence-corrected chi connectivity index (χ2v) is 21.4. The third kappa shape index (κ3) is 8.06. The van der Waals surface area contributed by atoms with Crippen molar-refractivity contribution >= 4 is 54.0 Å². The predicted octanol–water partition coefficient (Wildman–Crippen LogP) is 6.98. The number of benzene rings is 2. The van der Waals surface area contributed by atoms with Crippen LogP contribution in [0.4, 0.5) is 15.3 Å². The summed E-state index contributed by atoms with van der Waals surface area (Å²) in [7, 11) is -2.77. The summed E-state index contributed by atoms with van der Waals surface area (Å²) in [4.78, 5) is 72.4. The van der Waals surface area contributed by atoms with Gasteiger partial charge in [0.05, 0.1) is 29.0 Å². The molecule has 0 saturated heterocycles. The summed E-state index contributed by atoms with van der Waals surface area (Å²) < 4.78 is 24.7. The summed E-state index contributed by atoms with van der Waals surface area (Å²) in [6, 6.07) is 18.7. The largest absolute Gasteiger partial charge is 0.458 e. The number of nitrogens with one attached hydrogen (secondary N) is 2. The van der Waals surface area contributed by atoms with Crippen LogP contribution >= 0.6 is 0 Å². The van der Waals surface area contributed by atoms with Crippen LogP contribution in [-0.4, -0.2) is 59.5 Å². The monoisotopic (exact) mass is 782 g/mol. The van der Waals surface area contributed by atoms with E-state index in [4.69, 9.17) is 23.9 Å². The number of aromatic nitrogens is 2. The second kappa shape index (κ2) is 14.9. The topological polar surface area (TPSA) is 164 Å². The summed E-state index contributed by atoms with van der Waals surface area (Å²) in [5.41, 5.74) is -0.921. The Labute approximate surface area is 327 Å². The number of rotatable bonds is 9. The molecular formula is C42H50N4O9Si. The number of nitrogens with zero attached hydrogens (tertiary/aromatic N) is 2. The van der Waals surface area contributed by atoms with Crippen molar-refractivity contribution in [2.75, 3.05) is 11.9 Å². The molecule has 0 bridgehead atoms. The first-order valence-electron chi connectivity index (χ1n) is 18.9. The van der Waals surface area contributed by atoms with Gasteiger partial charge in [0.2, 0.25) is 5.60 Å². The summed E-state index contributed by atoms with van der Waals surface area (Å²) in [5.74, 6) is -1.42. The van der Waals surface area contributed by atoms with Crippen LogP contribution in [0.2, 0.25) is 13.1 Å². The van der Waals surface area contributed by atoms with Crippen LogP contribution < -0.4 is 21.4 Å². The summed E-state index contributed by atoms with van der Waals surface area (Å²) >= 11 is 0. The van der Waals surface area contributed by atoms with E-state index in [1.807, 2.05) is 36.4 Å². The Hall–Kier alpha value is -5.50. The summed E-state index contributed by atoms with van der Waals surface area (Å²) in [5, 5.41) is 7.13. The number of hydrogen-bond acceptors (Lipinski definition) is 10. The van der Waals surface area contributed by atoms with Crippen molar-refractivity contribution in [3.05, 3.63) is 87.7 Å². The Morgan fingerprint density at radius 3 is 2.29 bits per heavy atom. The highest BCUT2D eigenvalue weighted by molar-refractivity contribution is 6.90. The first-order valence-corrected chi connectivity index (χ1v) is 22.0. The molecule has 2 unspecified atom stereocenters. The molecule has 0 radical (unpaired) electrons. The SMILES string of the molecule is CCC1(OC(=O)CCCNC(=O)OC(C)(C)C)C(=O)OC([Si](C)(C)c2ccccc2)c2c1cc1n(c2=O)Cc2cc3cc(NC(=O)OC(C)(C)C)ccc3nc2-1. The molecule has 56 heavy (non-hydrogen) atoms. The van der Waals surface area contributed by atoms with Crippen molar-refractivity contribution in [1.29, 1.82) is 0 Å². The first-order chi connectivity index (χ1) is 26.2. The lowest BCUT2D eigenvalue weighted by molar-refractivity contribution is -0.190. The molecule has 296 valence electrons. The lowest BCUT2D eigenvalue weighted by atomic mass is 9.85. The van der Waals surface area contributed by atoms with Crippen LogP contribution in [0.25, 0.3) is 22.3 Å². The van der Waals surface area contributed by atoms with Gasteiger partial charge in [-0.3, -0.25) is 14.9 Å². The highest BCUT2D eigenvalue weighted by atomic mass is 28.3. The highest BCUT2D eigenvalue weighted by Crippen LogP contribution is 2.46. The normalized spacial score (nSPS) is 17.6. The summed E-state index contributed by atoms with van der Waals surface area (Å²) in [6.07, 6.45) is -1.07. The molecule has 6 rings (SSSR count). The Bertz CT molecular complexity index is 2270. The Morgan fingerprint density at radius 2 is 1.62 bits per heavy atom. The number of carbonyl (C=O) groups excluding carboxylic acids is 4. The maximum Gasteiger partial charge on any atom is 0.412 e. The minimum absolute atomic E-state index is 0.00903. The van der Waals surface area contributed by atoms with Crippen molar-refractivity contribution in [3.63, 3.8) is 0 Å². The van der Waals surface area contributed by atoms with Crippen LogP contribution in [0.15, 0.2) is 65.5 Å². The van der Waals surface area contributed by atoms with E-state index in [-0.39, 0.29) is 43.5 Å². The van der Waals surface area contributed by atoms with Crippen molar-refractivity contribution in [2.45, 2.75) is 110 Å². The average molecular weight is 783 g/mol. The van der Waals surface area contributed by atoms with Crippen molar-refractivity contribution in [2.24, 2.45) is 0 Å². The Kier molecular flexibility index (Phi) is 10.7. The van der Waals surface area contributed by atoms with Crippen LogP contribution in [0, 0.1) is 0 Å². The maximum absolute atomic E-state index is 14.9. The van der Waals surface area contributed by atoms with E-state index in [0.717, 1.165) is 16.1 Å². The molecule has 2 aliphatic rings. The zero-order valence-corrected chi connectivity index (χ0v) is 34.5. The number of fused-ring (bicyclic) bond motifs is 5. The molecule has 0 aliphatic carbocycles. The number of esters is 2. The molecule has 2 N–H and O–H groups in total. The minimum atomic E-state index is -2.77. The zero-order valence-electron chi connectivity index (χ0n) is 33.5.